The fourth-order valence-electron chi connectivity index (χ4n) is 2.85. The molecule has 1 atom stereocenters. The van der Waals surface area contributed by atoms with E-state index in [0.717, 1.165) is 5.56 Å². The number of phenolic OH excluding ortho intramolecular Hbond substituents is 1. The summed E-state index contributed by atoms with van der Waals surface area (Å²) in [5, 5.41) is 18.9. The Morgan fingerprint density at radius 2 is 2.12 bits per heavy atom. The van der Waals surface area contributed by atoms with Crippen LogP contribution in [-0.4, -0.2) is 40.7 Å². The number of ether oxygens (including phenoxy) is 1. The van der Waals surface area contributed by atoms with Crippen LogP contribution in [0.1, 0.15) is 28.4 Å². The van der Waals surface area contributed by atoms with E-state index in [1.165, 1.54) is 19.4 Å². The van der Waals surface area contributed by atoms with Crippen molar-refractivity contribution >= 4 is 17.6 Å². The molecule has 2 aromatic rings. The summed E-state index contributed by atoms with van der Waals surface area (Å²) in [5.74, 6) is -0.924. The van der Waals surface area contributed by atoms with Crippen molar-refractivity contribution in [3.63, 3.8) is 0 Å². The third kappa shape index (κ3) is 2.88. The number of amides is 1. The highest BCUT2D eigenvalue weighted by Gasteiger charge is 2.32. The van der Waals surface area contributed by atoms with E-state index in [1.807, 2.05) is 6.07 Å². The first-order valence-electron chi connectivity index (χ1n) is 7.36. The first-order valence-corrected chi connectivity index (χ1v) is 7.36. The normalized spacial score (nSPS) is 17.1. The Morgan fingerprint density at radius 1 is 1.33 bits per heavy atom. The molecule has 1 aliphatic heterocycles. The number of phenols is 1. The maximum atomic E-state index is 12.3. The van der Waals surface area contributed by atoms with Crippen LogP contribution in [0.4, 0.5) is 5.69 Å². The van der Waals surface area contributed by atoms with E-state index < -0.39 is 5.97 Å². The minimum Gasteiger partial charge on any atom is -0.504 e. The number of anilines is 1. The zero-order valence-electron chi connectivity index (χ0n) is 13.0. The number of aromatic carboxylic acids is 1. The van der Waals surface area contributed by atoms with Crippen molar-refractivity contribution in [3.05, 3.63) is 47.8 Å². The van der Waals surface area contributed by atoms with Crippen LogP contribution in [0.2, 0.25) is 0 Å². The minimum atomic E-state index is -1.14. The van der Waals surface area contributed by atoms with E-state index in [-0.39, 0.29) is 29.7 Å². The summed E-state index contributed by atoms with van der Waals surface area (Å²) in [6.45, 7) is 0.410. The van der Waals surface area contributed by atoms with Gasteiger partial charge in [-0.1, -0.05) is 6.07 Å². The van der Waals surface area contributed by atoms with Gasteiger partial charge in [-0.05, 0) is 29.8 Å². The number of benzene rings is 1. The van der Waals surface area contributed by atoms with Crippen molar-refractivity contribution in [1.29, 1.82) is 0 Å². The number of methoxy groups -OCH3 is 1. The molecule has 0 bridgehead atoms. The quantitative estimate of drug-likeness (QED) is 0.890. The zero-order chi connectivity index (χ0) is 17.3. The number of carbonyl (C=O) groups excluding carboxylic acids is 1. The maximum absolute atomic E-state index is 12.3. The smallest absolute Gasteiger partial charge is 0.354 e. The van der Waals surface area contributed by atoms with Crippen LogP contribution in [0.3, 0.4) is 0 Å². The molecule has 1 aliphatic rings. The number of nitrogens with zero attached hydrogens (tertiary/aromatic N) is 2. The topological polar surface area (TPSA) is 100.0 Å². The molecule has 2 N–H and O–H groups in total. The third-order valence-corrected chi connectivity index (χ3v) is 4.07. The van der Waals surface area contributed by atoms with Crippen molar-refractivity contribution in [2.24, 2.45) is 0 Å². The molecule has 0 spiro atoms. The molecule has 0 radical (unpaired) electrons. The first kappa shape index (κ1) is 15.8. The summed E-state index contributed by atoms with van der Waals surface area (Å²) < 4.78 is 5.02. The van der Waals surface area contributed by atoms with Gasteiger partial charge in [-0.2, -0.15) is 0 Å². The number of aromatic nitrogens is 1. The Labute approximate surface area is 138 Å². The Bertz CT molecular complexity index is 805. The second-order valence-electron chi connectivity index (χ2n) is 5.54. The fourth-order valence-corrected chi connectivity index (χ4v) is 2.85. The van der Waals surface area contributed by atoms with Gasteiger partial charge in [0.15, 0.2) is 11.5 Å². The SMILES string of the molecule is COc1ccc(C2CC(=O)N(c3ccnc(C(=O)O)c3)C2)cc1O. The lowest BCUT2D eigenvalue weighted by molar-refractivity contribution is -0.117. The highest BCUT2D eigenvalue weighted by Crippen LogP contribution is 2.35. The first-order chi connectivity index (χ1) is 11.5. The van der Waals surface area contributed by atoms with E-state index in [0.29, 0.717) is 18.0 Å². The lowest BCUT2D eigenvalue weighted by Crippen LogP contribution is -2.24. The maximum Gasteiger partial charge on any atom is 0.354 e. The second kappa shape index (κ2) is 6.19. The Hall–Kier alpha value is -3.09. The van der Waals surface area contributed by atoms with Crippen LogP contribution < -0.4 is 9.64 Å². The third-order valence-electron chi connectivity index (χ3n) is 4.07. The number of hydrogen-bond donors (Lipinski definition) is 2. The molecular formula is C17H16N2O5. The van der Waals surface area contributed by atoms with Crippen molar-refractivity contribution in [1.82, 2.24) is 4.98 Å². The highest BCUT2D eigenvalue weighted by atomic mass is 16.5. The van der Waals surface area contributed by atoms with Gasteiger partial charge in [0.05, 0.1) is 7.11 Å². The molecule has 1 saturated heterocycles. The summed E-state index contributed by atoms with van der Waals surface area (Å²) in [7, 11) is 1.47. The van der Waals surface area contributed by atoms with Gasteiger partial charge in [-0.15, -0.1) is 0 Å². The van der Waals surface area contributed by atoms with Crippen molar-refractivity contribution < 1.29 is 24.5 Å². The van der Waals surface area contributed by atoms with Crippen molar-refractivity contribution in [3.8, 4) is 11.5 Å². The molecule has 0 aliphatic carbocycles. The Balaban J connectivity index is 1.84. The Morgan fingerprint density at radius 3 is 2.79 bits per heavy atom. The number of carboxylic acids is 1. The molecule has 1 aromatic carbocycles. The van der Waals surface area contributed by atoms with Gasteiger partial charge in [0.2, 0.25) is 5.91 Å². The standard InChI is InChI=1S/C17H16N2O5/c1-24-15-3-2-10(6-14(15)20)11-7-16(21)19(9-11)12-4-5-18-13(8-12)17(22)23/h2-6,8,11,20H,7,9H2,1H3,(H,22,23). The molecule has 1 fully saturated rings. The highest BCUT2D eigenvalue weighted by molar-refractivity contribution is 5.97. The zero-order valence-corrected chi connectivity index (χ0v) is 13.0. The van der Waals surface area contributed by atoms with Gasteiger partial charge >= 0.3 is 5.97 Å². The number of hydrogen-bond acceptors (Lipinski definition) is 5. The van der Waals surface area contributed by atoms with Crippen LogP contribution in [0.25, 0.3) is 0 Å². The summed E-state index contributed by atoms with van der Waals surface area (Å²) in [6.07, 6.45) is 1.66. The van der Waals surface area contributed by atoms with Crippen molar-refractivity contribution in [2.45, 2.75) is 12.3 Å². The fraction of sp³-hybridized carbons (Fsp3) is 0.235. The number of rotatable bonds is 4. The predicted octanol–water partition coefficient (Wildman–Crippen LogP) is 2.01. The second-order valence-corrected chi connectivity index (χ2v) is 5.54. The summed E-state index contributed by atoms with van der Waals surface area (Å²) in [6, 6.07) is 8.06. The molecule has 2 heterocycles. The van der Waals surface area contributed by atoms with E-state index in [9.17, 15) is 14.7 Å². The molecule has 124 valence electrons. The van der Waals surface area contributed by atoms with E-state index in [4.69, 9.17) is 9.84 Å². The van der Waals surface area contributed by atoms with Gasteiger partial charge in [0.25, 0.3) is 0 Å². The largest absolute Gasteiger partial charge is 0.504 e. The van der Waals surface area contributed by atoms with Crippen molar-refractivity contribution in [2.75, 3.05) is 18.6 Å². The summed E-state index contributed by atoms with van der Waals surface area (Å²) in [5.41, 5.74) is 1.23. The number of pyridine rings is 1. The number of carbonyl (C=O) groups is 2. The molecule has 0 saturated carbocycles. The van der Waals surface area contributed by atoms with Crippen LogP contribution >= 0.6 is 0 Å². The van der Waals surface area contributed by atoms with Gasteiger partial charge in [-0.25, -0.2) is 9.78 Å². The van der Waals surface area contributed by atoms with Gasteiger partial charge in [0, 0.05) is 30.8 Å². The van der Waals surface area contributed by atoms with E-state index in [1.54, 1.807) is 23.1 Å². The number of aromatic hydroxyl groups is 1. The molecule has 1 aromatic heterocycles. The molecule has 24 heavy (non-hydrogen) atoms. The molecule has 1 unspecified atom stereocenters. The van der Waals surface area contributed by atoms with Crippen LogP contribution in [0, 0.1) is 0 Å². The lowest BCUT2D eigenvalue weighted by Gasteiger charge is -2.17. The van der Waals surface area contributed by atoms with Gasteiger partial charge in [0.1, 0.15) is 5.69 Å². The van der Waals surface area contributed by atoms with E-state index >= 15 is 0 Å². The summed E-state index contributed by atoms with van der Waals surface area (Å²) in [4.78, 5) is 28.6. The summed E-state index contributed by atoms with van der Waals surface area (Å²) >= 11 is 0. The van der Waals surface area contributed by atoms with Crippen LogP contribution in [-0.2, 0) is 4.79 Å². The molecular weight excluding hydrogens is 312 g/mol. The van der Waals surface area contributed by atoms with E-state index in [2.05, 4.69) is 4.98 Å². The lowest BCUT2D eigenvalue weighted by atomic mass is 9.98. The van der Waals surface area contributed by atoms with Gasteiger partial charge < -0.3 is 19.8 Å². The van der Waals surface area contributed by atoms with Crippen LogP contribution in [0.15, 0.2) is 36.5 Å². The Kier molecular flexibility index (Phi) is 4.07. The molecule has 3 rings (SSSR count). The monoisotopic (exact) mass is 328 g/mol. The average Bonchev–Trinajstić information content (AvgIpc) is 2.96. The predicted molar refractivity (Wildman–Crippen MR) is 85.6 cm³/mol. The minimum absolute atomic E-state index is 0.0259. The molecule has 7 heteroatoms. The molecule has 7 nitrogen and oxygen atoms in total. The van der Waals surface area contributed by atoms with Gasteiger partial charge in [-0.3, -0.25) is 4.79 Å². The van der Waals surface area contributed by atoms with Crippen LogP contribution in [0.5, 0.6) is 11.5 Å². The number of carboxylic acid groups (broad SMARTS) is 1. The molecule has 1 amide bonds. The average molecular weight is 328 g/mol.